The number of alkyl halides is 3. The molecule has 1 unspecified atom stereocenters. The van der Waals surface area contributed by atoms with Crippen molar-refractivity contribution in [1.29, 1.82) is 0 Å². The van der Waals surface area contributed by atoms with E-state index in [0.29, 0.717) is 35.9 Å². The Bertz CT molecular complexity index is 1130. The topological polar surface area (TPSA) is 105 Å². The van der Waals surface area contributed by atoms with Gasteiger partial charge in [0, 0.05) is 24.7 Å². The number of β-amino-alcohol motifs (C(OH)–C–C–N with tert-alkyl or cyclic N) is 1. The predicted molar refractivity (Wildman–Crippen MR) is 120 cm³/mol. The van der Waals surface area contributed by atoms with Gasteiger partial charge in [0.1, 0.15) is 11.6 Å². The molecule has 0 bridgehead atoms. The van der Waals surface area contributed by atoms with Gasteiger partial charge in [-0.2, -0.15) is 0 Å². The molecule has 0 aliphatic carbocycles. The van der Waals surface area contributed by atoms with Gasteiger partial charge in [-0.25, -0.2) is 9.50 Å². The average molecular weight is 480 g/mol. The van der Waals surface area contributed by atoms with Crippen LogP contribution in [0.15, 0.2) is 36.5 Å². The van der Waals surface area contributed by atoms with Crippen LogP contribution in [0.1, 0.15) is 31.0 Å². The van der Waals surface area contributed by atoms with Crippen molar-refractivity contribution in [3.63, 3.8) is 0 Å². The first kappa shape index (κ1) is 24.0. The summed E-state index contributed by atoms with van der Waals surface area (Å²) < 4.78 is 49.7. The molecule has 1 fully saturated rings. The highest BCUT2D eigenvalue weighted by Crippen LogP contribution is 2.29. The fourth-order valence-corrected chi connectivity index (χ4v) is 3.65. The Morgan fingerprint density at radius 1 is 1.29 bits per heavy atom. The number of aromatic nitrogens is 3. The van der Waals surface area contributed by atoms with E-state index in [-0.39, 0.29) is 31.3 Å². The van der Waals surface area contributed by atoms with Crippen LogP contribution < -0.4 is 20.7 Å². The number of benzene rings is 1. The number of halogens is 3. The predicted octanol–water partition coefficient (Wildman–Crippen LogP) is 3.08. The fourth-order valence-electron chi connectivity index (χ4n) is 3.65. The maximum Gasteiger partial charge on any atom is 0.573 e. The molecule has 4 rings (SSSR count). The van der Waals surface area contributed by atoms with E-state index in [9.17, 15) is 18.3 Å². The highest BCUT2D eigenvalue weighted by molar-refractivity contribution is 5.71. The zero-order valence-electron chi connectivity index (χ0n) is 18.8. The molecule has 3 heterocycles. The maximum atomic E-state index is 12.8. The number of para-hydroxylation sites is 1. The Kier molecular flexibility index (Phi) is 6.82. The first-order valence-electron chi connectivity index (χ1n) is 10.9. The monoisotopic (exact) mass is 480 g/mol. The van der Waals surface area contributed by atoms with Crippen LogP contribution in [0.3, 0.4) is 0 Å². The van der Waals surface area contributed by atoms with Crippen molar-refractivity contribution in [2.24, 2.45) is 0 Å². The molecule has 9 nitrogen and oxygen atoms in total. The SMILES string of the molecule is CC(C)c1cnc2c(NCc3ccccc3OC(F)(F)F)cc(NCC3(O)CNCCO3)nn12. The molecule has 12 heteroatoms. The highest BCUT2D eigenvalue weighted by Gasteiger charge is 2.32. The van der Waals surface area contributed by atoms with Gasteiger partial charge in [-0.1, -0.05) is 32.0 Å². The zero-order valence-corrected chi connectivity index (χ0v) is 18.8. The van der Waals surface area contributed by atoms with Crippen molar-refractivity contribution in [2.45, 2.75) is 38.5 Å². The van der Waals surface area contributed by atoms with E-state index in [2.05, 4.69) is 30.8 Å². The number of nitrogens with one attached hydrogen (secondary N) is 3. The summed E-state index contributed by atoms with van der Waals surface area (Å²) in [7, 11) is 0. The summed E-state index contributed by atoms with van der Waals surface area (Å²) in [6.45, 7) is 5.48. The van der Waals surface area contributed by atoms with Crippen molar-refractivity contribution >= 4 is 17.2 Å². The van der Waals surface area contributed by atoms with Crippen molar-refractivity contribution in [3.05, 3.63) is 47.8 Å². The van der Waals surface area contributed by atoms with Gasteiger partial charge >= 0.3 is 6.36 Å². The van der Waals surface area contributed by atoms with E-state index in [4.69, 9.17) is 4.74 Å². The van der Waals surface area contributed by atoms with Gasteiger partial charge in [0.05, 0.1) is 37.3 Å². The zero-order chi connectivity index (χ0) is 24.3. The van der Waals surface area contributed by atoms with Crippen LogP contribution in [0.2, 0.25) is 0 Å². The molecule has 3 aromatic rings. The second-order valence-corrected chi connectivity index (χ2v) is 8.35. The van der Waals surface area contributed by atoms with Crippen LogP contribution in [-0.4, -0.2) is 58.1 Å². The number of morpholine rings is 1. The summed E-state index contributed by atoms with van der Waals surface area (Å²) in [5, 5.41) is 24.5. The Morgan fingerprint density at radius 2 is 2.09 bits per heavy atom. The van der Waals surface area contributed by atoms with Crippen LogP contribution >= 0.6 is 0 Å². The third-order valence-corrected chi connectivity index (χ3v) is 5.35. The quantitative estimate of drug-likeness (QED) is 0.390. The Hall–Kier alpha value is -3.09. The molecule has 1 saturated heterocycles. The van der Waals surface area contributed by atoms with Crippen LogP contribution in [0, 0.1) is 0 Å². The van der Waals surface area contributed by atoms with Crippen molar-refractivity contribution < 1.29 is 27.8 Å². The Balaban J connectivity index is 1.60. The van der Waals surface area contributed by atoms with Gasteiger partial charge in [-0.05, 0) is 12.0 Å². The van der Waals surface area contributed by atoms with E-state index in [1.54, 1.807) is 28.9 Å². The molecule has 0 saturated carbocycles. The molecule has 1 aliphatic heterocycles. The molecule has 0 amide bonds. The second kappa shape index (κ2) is 9.65. The van der Waals surface area contributed by atoms with E-state index in [1.165, 1.54) is 12.1 Å². The first-order chi connectivity index (χ1) is 16.1. The van der Waals surface area contributed by atoms with E-state index in [1.807, 2.05) is 13.8 Å². The minimum absolute atomic E-state index is 0.0617. The summed E-state index contributed by atoms with van der Waals surface area (Å²) in [6.07, 6.45) is -3.08. The number of ether oxygens (including phenoxy) is 2. The normalized spacial score (nSPS) is 18.9. The lowest BCUT2D eigenvalue weighted by Crippen LogP contribution is -2.53. The lowest BCUT2D eigenvalue weighted by molar-refractivity contribution is -0.274. The number of rotatable bonds is 8. The molecule has 0 radical (unpaired) electrons. The van der Waals surface area contributed by atoms with Gasteiger partial charge in [-0.15, -0.1) is 18.3 Å². The number of hydrogen-bond acceptors (Lipinski definition) is 8. The van der Waals surface area contributed by atoms with Gasteiger partial charge in [-0.3, -0.25) is 0 Å². The summed E-state index contributed by atoms with van der Waals surface area (Å²) in [5.41, 5.74) is 2.27. The lowest BCUT2D eigenvalue weighted by atomic mass is 10.1. The second-order valence-electron chi connectivity index (χ2n) is 8.35. The minimum atomic E-state index is -4.79. The van der Waals surface area contributed by atoms with Gasteiger partial charge in [0.15, 0.2) is 11.4 Å². The van der Waals surface area contributed by atoms with E-state index < -0.39 is 12.1 Å². The maximum absolute atomic E-state index is 12.8. The average Bonchev–Trinajstić information content (AvgIpc) is 3.21. The van der Waals surface area contributed by atoms with Crippen molar-refractivity contribution in [1.82, 2.24) is 19.9 Å². The number of fused-ring (bicyclic) bond motifs is 1. The molecule has 0 spiro atoms. The molecule has 34 heavy (non-hydrogen) atoms. The van der Waals surface area contributed by atoms with Crippen molar-refractivity contribution in [3.8, 4) is 5.75 Å². The number of aliphatic hydroxyl groups is 1. The van der Waals surface area contributed by atoms with Gasteiger partial charge in [0.25, 0.3) is 0 Å². The standard InChI is InChI=1S/C22H27F3N6O3/c1-14(2)17-11-28-20-16(27-10-15-5-3-4-6-18(15)34-22(23,24)25)9-19(30-31(17)20)29-13-21(32)12-26-7-8-33-21/h3-6,9,11,14,26-27,32H,7-8,10,12-13H2,1-2H3,(H,29,30). The van der Waals surface area contributed by atoms with Crippen LogP contribution in [0.25, 0.3) is 5.65 Å². The lowest BCUT2D eigenvalue weighted by Gasteiger charge is -2.32. The van der Waals surface area contributed by atoms with Crippen LogP contribution in [0.4, 0.5) is 24.7 Å². The van der Waals surface area contributed by atoms with Crippen LogP contribution in [-0.2, 0) is 11.3 Å². The molecule has 1 atom stereocenters. The number of hydrogen-bond donors (Lipinski definition) is 4. The van der Waals surface area contributed by atoms with Gasteiger partial charge < -0.3 is 30.5 Å². The fraction of sp³-hybridized carbons (Fsp3) is 0.455. The van der Waals surface area contributed by atoms with Gasteiger partial charge in [0.2, 0.25) is 0 Å². The summed E-state index contributed by atoms with van der Waals surface area (Å²) >= 11 is 0. The highest BCUT2D eigenvalue weighted by atomic mass is 19.4. The summed E-state index contributed by atoms with van der Waals surface area (Å²) in [6, 6.07) is 7.64. The molecule has 4 N–H and O–H groups in total. The number of nitrogens with zero attached hydrogens (tertiary/aromatic N) is 3. The smallest absolute Gasteiger partial charge is 0.405 e. The summed E-state index contributed by atoms with van der Waals surface area (Å²) in [4.78, 5) is 4.45. The minimum Gasteiger partial charge on any atom is -0.405 e. The molecule has 2 aromatic heterocycles. The molecular weight excluding hydrogens is 453 g/mol. The molecular formula is C22H27F3N6O3. The van der Waals surface area contributed by atoms with E-state index in [0.717, 1.165) is 5.69 Å². The summed E-state index contributed by atoms with van der Waals surface area (Å²) in [5.74, 6) is -1.09. The third kappa shape index (κ3) is 5.69. The van der Waals surface area contributed by atoms with Crippen LogP contribution in [0.5, 0.6) is 5.75 Å². The number of imidazole rings is 1. The third-order valence-electron chi connectivity index (χ3n) is 5.35. The Morgan fingerprint density at radius 3 is 2.79 bits per heavy atom. The van der Waals surface area contributed by atoms with Crippen molar-refractivity contribution in [2.75, 3.05) is 36.9 Å². The largest absolute Gasteiger partial charge is 0.573 e. The Labute approximate surface area is 194 Å². The molecule has 1 aromatic carbocycles. The molecule has 184 valence electrons. The molecule has 1 aliphatic rings. The van der Waals surface area contributed by atoms with E-state index >= 15 is 0 Å². The first-order valence-corrected chi connectivity index (χ1v) is 10.9. The number of anilines is 2.